The van der Waals surface area contributed by atoms with Gasteiger partial charge in [-0.05, 0) is 36.4 Å². The second kappa shape index (κ2) is 7.16. The molecule has 6 nitrogen and oxygen atoms in total. The molecule has 0 saturated heterocycles. The minimum atomic E-state index is -3.32. The molecule has 4 N–H and O–H groups in total. The van der Waals surface area contributed by atoms with Crippen LogP contribution in [0.4, 0.5) is 15.8 Å². The molecule has 27 heavy (non-hydrogen) atoms. The first-order valence-corrected chi connectivity index (χ1v) is 9.72. The Kier molecular flexibility index (Phi) is 4.91. The standard InChI is InChI=1S/C19H17FN2O4S/c1-27(23,24)13-8-6-12(7-9-13)25-18-10-15(21)16(22)11-19(18)26-17-5-3-2-4-14(17)20/h2-11H,21-22H2,1H3. The third kappa shape index (κ3) is 4.29. The zero-order chi connectivity index (χ0) is 19.6. The number of rotatable bonds is 5. The van der Waals surface area contributed by atoms with Gasteiger partial charge >= 0.3 is 0 Å². The lowest BCUT2D eigenvalue weighted by Crippen LogP contribution is -1.99. The van der Waals surface area contributed by atoms with Gasteiger partial charge in [0.05, 0.1) is 16.3 Å². The van der Waals surface area contributed by atoms with Crippen LogP contribution >= 0.6 is 0 Å². The van der Waals surface area contributed by atoms with Crippen LogP contribution in [-0.2, 0) is 9.84 Å². The summed E-state index contributed by atoms with van der Waals surface area (Å²) >= 11 is 0. The lowest BCUT2D eigenvalue weighted by molar-refractivity contribution is 0.402. The summed E-state index contributed by atoms with van der Waals surface area (Å²) in [6.45, 7) is 0. The quantitative estimate of drug-likeness (QED) is 0.641. The van der Waals surface area contributed by atoms with Gasteiger partial charge in [0.15, 0.2) is 32.9 Å². The minimum absolute atomic E-state index is 0.000976. The van der Waals surface area contributed by atoms with Crippen LogP contribution in [-0.4, -0.2) is 14.7 Å². The summed E-state index contributed by atoms with van der Waals surface area (Å²) in [4.78, 5) is 0.162. The smallest absolute Gasteiger partial charge is 0.175 e. The first-order chi connectivity index (χ1) is 12.7. The number of anilines is 2. The Morgan fingerprint density at radius 2 is 1.37 bits per heavy atom. The molecule has 0 aromatic heterocycles. The molecule has 0 fully saturated rings. The van der Waals surface area contributed by atoms with Gasteiger partial charge in [-0.15, -0.1) is 0 Å². The zero-order valence-electron chi connectivity index (χ0n) is 14.3. The molecule has 0 spiro atoms. The number of hydrogen-bond donors (Lipinski definition) is 2. The van der Waals surface area contributed by atoms with E-state index in [0.717, 1.165) is 6.26 Å². The van der Waals surface area contributed by atoms with Gasteiger partial charge in [0.1, 0.15) is 5.75 Å². The fourth-order valence-corrected chi connectivity index (χ4v) is 2.91. The molecule has 0 heterocycles. The molecular formula is C19H17FN2O4S. The van der Waals surface area contributed by atoms with Crippen molar-refractivity contribution >= 4 is 21.2 Å². The summed E-state index contributed by atoms with van der Waals surface area (Å²) < 4.78 is 48.3. The largest absolute Gasteiger partial charge is 0.453 e. The van der Waals surface area contributed by atoms with Crippen LogP contribution in [0.3, 0.4) is 0 Å². The molecule has 8 heteroatoms. The highest BCUT2D eigenvalue weighted by Crippen LogP contribution is 2.39. The Bertz CT molecular complexity index is 1080. The van der Waals surface area contributed by atoms with Crippen LogP contribution in [0.15, 0.2) is 65.6 Å². The molecule has 0 amide bonds. The summed E-state index contributed by atoms with van der Waals surface area (Å²) in [7, 11) is -3.32. The van der Waals surface area contributed by atoms with E-state index >= 15 is 0 Å². The average molecular weight is 388 g/mol. The monoisotopic (exact) mass is 388 g/mol. The zero-order valence-corrected chi connectivity index (χ0v) is 15.2. The number of para-hydroxylation sites is 1. The first-order valence-electron chi connectivity index (χ1n) is 7.83. The molecule has 0 bridgehead atoms. The van der Waals surface area contributed by atoms with Gasteiger partial charge in [-0.2, -0.15) is 0 Å². The second-order valence-electron chi connectivity index (χ2n) is 5.81. The Balaban J connectivity index is 1.95. The molecule has 3 rings (SSSR count). The number of halogens is 1. The van der Waals surface area contributed by atoms with Gasteiger partial charge in [0.25, 0.3) is 0 Å². The Morgan fingerprint density at radius 1 is 0.815 bits per heavy atom. The van der Waals surface area contributed by atoms with E-state index in [-0.39, 0.29) is 33.5 Å². The molecule has 3 aromatic carbocycles. The normalized spacial score (nSPS) is 11.2. The summed E-state index contributed by atoms with van der Waals surface area (Å²) in [6.07, 6.45) is 1.11. The van der Waals surface area contributed by atoms with E-state index in [1.165, 1.54) is 48.5 Å². The summed E-state index contributed by atoms with van der Waals surface area (Å²) in [6, 6.07) is 14.6. The van der Waals surface area contributed by atoms with Crippen LogP contribution in [0.5, 0.6) is 23.0 Å². The molecule has 0 unspecified atom stereocenters. The Hall–Kier alpha value is -3.26. The van der Waals surface area contributed by atoms with Crippen LogP contribution in [0, 0.1) is 5.82 Å². The maximum Gasteiger partial charge on any atom is 0.175 e. The summed E-state index contributed by atoms with van der Waals surface area (Å²) in [5.41, 5.74) is 12.2. The van der Waals surface area contributed by atoms with Crippen molar-refractivity contribution in [2.24, 2.45) is 0 Å². The minimum Gasteiger partial charge on any atom is -0.453 e. The van der Waals surface area contributed by atoms with E-state index in [0.29, 0.717) is 5.75 Å². The van der Waals surface area contributed by atoms with Gasteiger partial charge in [0.2, 0.25) is 0 Å². The second-order valence-corrected chi connectivity index (χ2v) is 7.82. The lowest BCUT2D eigenvalue weighted by Gasteiger charge is -2.15. The van der Waals surface area contributed by atoms with E-state index in [4.69, 9.17) is 20.9 Å². The van der Waals surface area contributed by atoms with Crippen molar-refractivity contribution in [3.8, 4) is 23.0 Å². The third-order valence-corrected chi connectivity index (χ3v) is 4.81. The van der Waals surface area contributed by atoms with Crippen LogP contribution in [0.25, 0.3) is 0 Å². The van der Waals surface area contributed by atoms with Crippen molar-refractivity contribution in [2.75, 3.05) is 17.7 Å². The first kappa shape index (κ1) is 18.5. The van der Waals surface area contributed by atoms with Crippen molar-refractivity contribution in [3.63, 3.8) is 0 Å². The molecule has 0 radical (unpaired) electrons. The van der Waals surface area contributed by atoms with E-state index in [1.807, 2.05) is 0 Å². The van der Waals surface area contributed by atoms with E-state index in [1.54, 1.807) is 12.1 Å². The predicted octanol–water partition coefficient (Wildman–Crippen LogP) is 3.98. The van der Waals surface area contributed by atoms with Crippen molar-refractivity contribution in [1.29, 1.82) is 0 Å². The molecule has 0 aliphatic heterocycles. The highest BCUT2D eigenvalue weighted by molar-refractivity contribution is 7.90. The maximum absolute atomic E-state index is 13.9. The number of nitrogen functional groups attached to an aromatic ring is 2. The number of hydrogen-bond acceptors (Lipinski definition) is 6. The van der Waals surface area contributed by atoms with Gasteiger partial charge in [0, 0.05) is 18.4 Å². The van der Waals surface area contributed by atoms with Crippen molar-refractivity contribution in [3.05, 3.63) is 66.5 Å². The van der Waals surface area contributed by atoms with Gasteiger partial charge < -0.3 is 20.9 Å². The van der Waals surface area contributed by atoms with Crippen molar-refractivity contribution in [2.45, 2.75) is 4.90 Å². The van der Waals surface area contributed by atoms with Crippen LogP contribution in [0.1, 0.15) is 0 Å². The average Bonchev–Trinajstić information content (AvgIpc) is 2.61. The summed E-state index contributed by atoms with van der Waals surface area (Å²) in [5, 5.41) is 0. The molecule has 0 atom stereocenters. The SMILES string of the molecule is CS(=O)(=O)c1ccc(Oc2cc(N)c(N)cc2Oc2ccccc2F)cc1. The molecule has 0 aliphatic rings. The number of sulfone groups is 1. The number of nitrogens with two attached hydrogens (primary N) is 2. The van der Waals surface area contributed by atoms with Crippen molar-refractivity contribution < 1.29 is 22.3 Å². The topological polar surface area (TPSA) is 105 Å². The van der Waals surface area contributed by atoms with E-state index in [2.05, 4.69) is 0 Å². The Morgan fingerprint density at radius 3 is 1.93 bits per heavy atom. The maximum atomic E-state index is 13.9. The third-order valence-electron chi connectivity index (χ3n) is 3.69. The number of benzene rings is 3. The molecule has 140 valence electrons. The van der Waals surface area contributed by atoms with Gasteiger partial charge in [-0.1, -0.05) is 12.1 Å². The molecule has 0 saturated carbocycles. The fourth-order valence-electron chi connectivity index (χ4n) is 2.28. The van der Waals surface area contributed by atoms with Gasteiger partial charge in [-0.3, -0.25) is 0 Å². The van der Waals surface area contributed by atoms with Gasteiger partial charge in [-0.25, -0.2) is 12.8 Å². The highest BCUT2D eigenvalue weighted by atomic mass is 32.2. The molecular weight excluding hydrogens is 371 g/mol. The highest BCUT2D eigenvalue weighted by Gasteiger charge is 2.14. The van der Waals surface area contributed by atoms with E-state index < -0.39 is 15.7 Å². The molecule has 0 aliphatic carbocycles. The van der Waals surface area contributed by atoms with Crippen LogP contribution in [0.2, 0.25) is 0 Å². The van der Waals surface area contributed by atoms with Crippen molar-refractivity contribution in [1.82, 2.24) is 0 Å². The lowest BCUT2D eigenvalue weighted by atomic mass is 10.2. The predicted molar refractivity (Wildman–Crippen MR) is 101 cm³/mol. The number of ether oxygens (including phenoxy) is 2. The Labute approximate surface area is 156 Å². The summed E-state index contributed by atoms with van der Waals surface area (Å²) in [5.74, 6) is 0.177. The fraction of sp³-hybridized carbons (Fsp3) is 0.0526. The molecule has 3 aromatic rings. The van der Waals surface area contributed by atoms with Crippen LogP contribution < -0.4 is 20.9 Å². The van der Waals surface area contributed by atoms with E-state index in [9.17, 15) is 12.8 Å².